The number of hydrogen-bond acceptors (Lipinski definition) is 5. The molecule has 0 unspecified atom stereocenters. The molecule has 3 aromatic carbocycles. The summed E-state index contributed by atoms with van der Waals surface area (Å²) >= 11 is 0. The monoisotopic (exact) mass is 372 g/mol. The van der Waals surface area contributed by atoms with Crippen LogP contribution < -0.4 is 9.47 Å². The summed E-state index contributed by atoms with van der Waals surface area (Å²) in [5, 5.41) is 12.9. The SMILES string of the molecule is CO/N=C(\COc1ccc(COc2ccccc2)cc1)c1ccc(C#N)cc1. The summed E-state index contributed by atoms with van der Waals surface area (Å²) in [6.45, 7) is 0.742. The van der Waals surface area contributed by atoms with Gasteiger partial charge < -0.3 is 14.3 Å². The molecule has 0 aliphatic carbocycles. The highest BCUT2D eigenvalue weighted by Gasteiger charge is 2.07. The van der Waals surface area contributed by atoms with Gasteiger partial charge >= 0.3 is 0 Å². The third-order valence-corrected chi connectivity index (χ3v) is 4.00. The van der Waals surface area contributed by atoms with E-state index in [4.69, 9.17) is 19.6 Å². The summed E-state index contributed by atoms with van der Waals surface area (Å²) in [7, 11) is 1.49. The van der Waals surface area contributed by atoms with Gasteiger partial charge in [0.1, 0.15) is 37.5 Å². The zero-order valence-corrected chi connectivity index (χ0v) is 15.5. The molecule has 5 heteroatoms. The molecule has 5 nitrogen and oxygen atoms in total. The first-order valence-corrected chi connectivity index (χ1v) is 8.78. The molecule has 0 aliphatic heterocycles. The van der Waals surface area contributed by atoms with Crippen LogP contribution in [-0.4, -0.2) is 19.4 Å². The minimum atomic E-state index is 0.250. The largest absolute Gasteiger partial charge is 0.489 e. The number of hydrogen-bond donors (Lipinski definition) is 0. The number of benzene rings is 3. The van der Waals surface area contributed by atoms with Crippen LogP contribution in [0.1, 0.15) is 16.7 Å². The highest BCUT2D eigenvalue weighted by atomic mass is 16.6. The number of para-hydroxylation sites is 1. The van der Waals surface area contributed by atoms with Gasteiger partial charge in [-0.05, 0) is 42.0 Å². The van der Waals surface area contributed by atoms with Crippen LogP contribution in [0.4, 0.5) is 0 Å². The Morgan fingerprint density at radius 3 is 2.18 bits per heavy atom. The predicted octanol–water partition coefficient (Wildman–Crippen LogP) is 4.57. The molecule has 140 valence electrons. The van der Waals surface area contributed by atoms with E-state index in [1.54, 1.807) is 12.1 Å². The lowest BCUT2D eigenvalue weighted by atomic mass is 10.1. The van der Waals surface area contributed by atoms with Crippen LogP contribution >= 0.6 is 0 Å². The molecular weight excluding hydrogens is 352 g/mol. The number of ether oxygens (including phenoxy) is 2. The molecule has 0 aromatic heterocycles. The van der Waals surface area contributed by atoms with E-state index < -0.39 is 0 Å². The Labute approximate surface area is 164 Å². The van der Waals surface area contributed by atoms with Gasteiger partial charge in [0.05, 0.1) is 11.6 Å². The van der Waals surface area contributed by atoms with Gasteiger partial charge in [-0.25, -0.2) is 0 Å². The van der Waals surface area contributed by atoms with E-state index in [9.17, 15) is 0 Å². The number of rotatable bonds is 8. The van der Waals surface area contributed by atoms with Gasteiger partial charge in [-0.3, -0.25) is 0 Å². The molecule has 0 amide bonds. The fourth-order valence-electron chi connectivity index (χ4n) is 2.53. The highest BCUT2D eigenvalue weighted by molar-refractivity contribution is 6.01. The molecule has 0 saturated carbocycles. The lowest BCUT2D eigenvalue weighted by molar-refractivity contribution is 0.210. The Kier molecular flexibility index (Phi) is 6.64. The van der Waals surface area contributed by atoms with E-state index in [2.05, 4.69) is 11.2 Å². The third kappa shape index (κ3) is 5.36. The molecule has 0 radical (unpaired) electrons. The van der Waals surface area contributed by atoms with Crippen molar-refractivity contribution in [1.82, 2.24) is 0 Å². The van der Waals surface area contributed by atoms with Crippen LogP contribution in [0.3, 0.4) is 0 Å². The number of nitrogens with zero attached hydrogens (tertiary/aromatic N) is 2. The number of oxime groups is 1. The zero-order valence-electron chi connectivity index (χ0n) is 15.5. The maximum atomic E-state index is 8.91. The van der Waals surface area contributed by atoms with E-state index in [1.807, 2.05) is 66.7 Å². The van der Waals surface area contributed by atoms with Crippen molar-refractivity contribution in [3.05, 3.63) is 95.6 Å². The Hall–Kier alpha value is -3.78. The highest BCUT2D eigenvalue weighted by Crippen LogP contribution is 2.16. The smallest absolute Gasteiger partial charge is 0.134 e. The van der Waals surface area contributed by atoms with Gasteiger partial charge in [0.15, 0.2) is 0 Å². The molecule has 0 fully saturated rings. The summed E-state index contributed by atoms with van der Waals surface area (Å²) in [6, 6.07) is 26.6. The van der Waals surface area contributed by atoms with Gasteiger partial charge in [0.2, 0.25) is 0 Å². The van der Waals surface area contributed by atoms with Crippen LogP contribution in [0, 0.1) is 11.3 Å². The average Bonchev–Trinajstić information content (AvgIpc) is 2.77. The molecule has 0 atom stereocenters. The second-order valence-corrected chi connectivity index (χ2v) is 5.94. The maximum Gasteiger partial charge on any atom is 0.134 e. The first-order chi connectivity index (χ1) is 13.8. The summed E-state index contributed by atoms with van der Waals surface area (Å²) in [5.74, 6) is 1.56. The fourth-order valence-corrected chi connectivity index (χ4v) is 2.53. The van der Waals surface area contributed by atoms with Crippen LogP contribution in [-0.2, 0) is 11.4 Å². The van der Waals surface area contributed by atoms with Gasteiger partial charge in [-0.15, -0.1) is 0 Å². The Morgan fingerprint density at radius 1 is 0.857 bits per heavy atom. The Balaban J connectivity index is 1.57. The van der Waals surface area contributed by atoms with Gasteiger partial charge in [-0.1, -0.05) is 47.6 Å². The normalized spacial score (nSPS) is 10.8. The predicted molar refractivity (Wildman–Crippen MR) is 107 cm³/mol. The molecular formula is C23H20N2O3. The standard InChI is InChI=1S/C23H20N2O3/c1-26-25-23(20-11-7-18(15-24)8-12-20)17-28-22-13-9-19(10-14-22)16-27-21-5-3-2-4-6-21/h2-14H,16-17H2,1H3/b25-23+. The van der Waals surface area contributed by atoms with E-state index >= 15 is 0 Å². The van der Waals surface area contributed by atoms with Crippen molar-refractivity contribution < 1.29 is 14.3 Å². The van der Waals surface area contributed by atoms with E-state index in [1.165, 1.54) is 7.11 Å². The van der Waals surface area contributed by atoms with Crippen molar-refractivity contribution >= 4 is 5.71 Å². The summed E-state index contributed by atoms with van der Waals surface area (Å²) < 4.78 is 11.6. The van der Waals surface area contributed by atoms with Gasteiger partial charge in [0.25, 0.3) is 0 Å². The molecule has 28 heavy (non-hydrogen) atoms. The Bertz CT molecular complexity index is 944. The molecule has 0 bridgehead atoms. The molecule has 3 aromatic rings. The van der Waals surface area contributed by atoms with Crippen molar-refractivity contribution in [2.45, 2.75) is 6.61 Å². The summed E-state index contributed by atoms with van der Waals surface area (Å²) in [6.07, 6.45) is 0. The Morgan fingerprint density at radius 2 is 1.54 bits per heavy atom. The molecule has 0 N–H and O–H groups in total. The lowest BCUT2D eigenvalue weighted by Crippen LogP contribution is -2.13. The lowest BCUT2D eigenvalue weighted by Gasteiger charge is -2.10. The second kappa shape index (κ2) is 9.79. The van der Waals surface area contributed by atoms with Crippen molar-refractivity contribution in [1.29, 1.82) is 5.26 Å². The zero-order chi connectivity index (χ0) is 19.6. The molecule has 0 heterocycles. The number of nitriles is 1. The molecule has 0 saturated heterocycles. The van der Waals surface area contributed by atoms with Crippen LogP contribution in [0.2, 0.25) is 0 Å². The second-order valence-electron chi connectivity index (χ2n) is 5.94. The van der Waals surface area contributed by atoms with Crippen molar-refractivity contribution in [2.75, 3.05) is 13.7 Å². The minimum Gasteiger partial charge on any atom is -0.489 e. The minimum absolute atomic E-state index is 0.250. The van der Waals surface area contributed by atoms with E-state index in [0.29, 0.717) is 17.9 Å². The summed E-state index contributed by atoms with van der Waals surface area (Å²) in [5.41, 5.74) is 3.13. The van der Waals surface area contributed by atoms with Crippen molar-refractivity contribution in [2.24, 2.45) is 5.16 Å². The van der Waals surface area contributed by atoms with E-state index in [-0.39, 0.29) is 6.61 Å². The van der Waals surface area contributed by atoms with Crippen LogP contribution in [0.25, 0.3) is 0 Å². The molecule has 3 rings (SSSR count). The van der Waals surface area contributed by atoms with Crippen molar-refractivity contribution in [3.63, 3.8) is 0 Å². The topological polar surface area (TPSA) is 63.8 Å². The molecule has 0 aliphatic rings. The van der Waals surface area contributed by atoms with Gasteiger partial charge in [-0.2, -0.15) is 5.26 Å². The average molecular weight is 372 g/mol. The molecule has 0 spiro atoms. The van der Waals surface area contributed by atoms with Crippen LogP contribution in [0.15, 0.2) is 84.0 Å². The fraction of sp³-hybridized carbons (Fsp3) is 0.130. The quantitative estimate of drug-likeness (QED) is 0.429. The first-order valence-electron chi connectivity index (χ1n) is 8.78. The maximum absolute atomic E-state index is 8.91. The first kappa shape index (κ1) is 19.0. The summed E-state index contributed by atoms with van der Waals surface area (Å²) in [4.78, 5) is 4.92. The third-order valence-electron chi connectivity index (χ3n) is 4.00. The van der Waals surface area contributed by atoms with Gasteiger partial charge in [0, 0.05) is 5.56 Å². The van der Waals surface area contributed by atoms with E-state index in [0.717, 1.165) is 22.6 Å². The van der Waals surface area contributed by atoms with Crippen LogP contribution in [0.5, 0.6) is 11.5 Å². The van der Waals surface area contributed by atoms with Crippen molar-refractivity contribution in [3.8, 4) is 17.6 Å².